The fourth-order valence-corrected chi connectivity index (χ4v) is 2.03. The molecule has 1 aliphatic rings. The van der Waals surface area contributed by atoms with Crippen LogP contribution in [-0.2, 0) is 4.84 Å². The van der Waals surface area contributed by atoms with Crippen LogP contribution >= 0.6 is 0 Å². The van der Waals surface area contributed by atoms with E-state index >= 15 is 0 Å². The van der Waals surface area contributed by atoms with Gasteiger partial charge in [0.05, 0.1) is 14.2 Å². The average Bonchev–Trinajstić information content (AvgIpc) is 2.23. The van der Waals surface area contributed by atoms with E-state index in [0.717, 1.165) is 18.6 Å². The molecule has 0 aromatic heterocycles. The minimum Gasteiger partial charge on any atom is -0.497 e. The summed E-state index contributed by atoms with van der Waals surface area (Å²) in [5.74, 6) is 1.59. The number of methoxy groups -OCH3 is 1. The van der Waals surface area contributed by atoms with E-state index in [2.05, 4.69) is 17.6 Å². The van der Waals surface area contributed by atoms with Gasteiger partial charge in [0, 0.05) is 6.04 Å². The molecule has 82 valence electrons. The van der Waals surface area contributed by atoms with Crippen molar-refractivity contribution >= 4 is 0 Å². The minimum absolute atomic E-state index is 0.516. The third kappa shape index (κ3) is 2.30. The first-order chi connectivity index (χ1) is 7.33. The van der Waals surface area contributed by atoms with E-state index in [1.807, 2.05) is 12.1 Å². The summed E-state index contributed by atoms with van der Waals surface area (Å²) in [5, 5.41) is 0. The molecular weight excluding hydrogens is 190 g/mol. The first-order valence-electron chi connectivity index (χ1n) is 5.26. The Morgan fingerprint density at radius 1 is 1.13 bits per heavy atom. The van der Waals surface area contributed by atoms with Crippen LogP contribution in [0.4, 0.5) is 0 Å². The summed E-state index contributed by atoms with van der Waals surface area (Å²) in [4.78, 5) is 4.90. The molecule has 1 saturated carbocycles. The Morgan fingerprint density at radius 3 is 2.33 bits per heavy atom. The maximum atomic E-state index is 5.13. The van der Waals surface area contributed by atoms with Gasteiger partial charge in [-0.15, -0.1) is 0 Å². The topological polar surface area (TPSA) is 30.5 Å². The summed E-state index contributed by atoms with van der Waals surface area (Å²) < 4.78 is 5.13. The largest absolute Gasteiger partial charge is 0.497 e. The highest BCUT2D eigenvalue weighted by Crippen LogP contribution is 2.37. The van der Waals surface area contributed by atoms with Gasteiger partial charge in [-0.05, 0) is 36.5 Å². The predicted molar refractivity (Wildman–Crippen MR) is 58.9 cm³/mol. The van der Waals surface area contributed by atoms with E-state index in [1.165, 1.54) is 5.56 Å². The van der Waals surface area contributed by atoms with Crippen LogP contribution in [0.25, 0.3) is 0 Å². The van der Waals surface area contributed by atoms with Gasteiger partial charge in [-0.1, -0.05) is 12.1 Å². The van der Waals surface area contributed by atoms with Crippen molar-refractivity contribution in [2.75, 3.05) is 14.2 Å². The number of rotatable bonds is 4. The number of benzene rings is 1. The maximum Gasteiger partial charge on any atom is 0.118 e. The lowest BCUT2D eigenvalue weighted by Gasteiger charge is -2.35. The van der Waals surface area contributed by atoms with Gasteiger partial charge in [0.25, 0.3) is 0 Å². The van der Waals surface area contributed by atoms with E-state index in [-0.39, 0.29) is 0 Å². The second-order valence-electron chi connectivity index (χ2n) is 3.96. The number of hydroxylamine groups is 1. The fraction of sp³-hybridized carbons (Fsp3) is 0.500. The lowest BCUT2D eigenvalue weighted by atomic mass is 9.76. The molecule has 0 spiro atoms. The molecule has 3 nitrogen and oxygen atoms in total. The molecule has 1 N–H and O–H groups in total. The van der Waals surface area contributed by atoms with E-state index in [0.29, 0.717) is 12.0 Å². The van der Waals surface area contributed by atoms with Crippen molar-refractivity contribution in [3.8, 4) is 5.75 Å². The van der Waals surface area contributed by atoms with Crippen LogP contribution in [0, 0.1) is 0 Å². The quantitative estimate of drug-likeness (QED) is 0.767. The highest BCUT2D eigenvalue weighted by atomic mass is 16.6. The summed E-state index contributed by atoms with van der Waals surface area (Å²) >= 11 is 0. The van der Waals surface area contributed by atoms with Crippen LogP contribution in [0.2, 0.25) is 0 Å². The zero-order valence-electron chi connectivity index (χ0n) is 9.19. The molecule has 0 heterocycles. The summed E-state index contributed by atoms with van der Waals surface area (Å²) in [7, 11) is 3.36. The zero-order valence-corrected chi connectivity index (χ0v) is 9.19. The molecule has 0 bridgehead atoms. The minimum atomic E-state index is 0.516. The van der Waals surface area contributed by atoms with E-state index in [4.69, 9.17) is 9.57 Å². The number of hydrogen-bond acceptors (Lipinski definition) is 3. The normalized spacial score (nSPS) is 24.7. The maximum absolute atomic E-state index is 5.13. The summed E-state index contributed by atoms with van der Waals surface area (Å²) in [5.41, 5.74) is 4.37. The molecule has 0 unspecified atom stereocenters. The van der Waals surface area contributed by atoms with Gasteiger partial charge in [0.2, 0.25) is 0 Å². The van der Waals surface area contributed by atoms with Crippen molar-refractivity contribution < 1.29 is 9.57 Å². The lowest BCUT2D eigenvalue weighted by molar-refractivity contribution is 0.0285. The van der Waals surface area contributed by atoms with Gasteiger partial charge in [0.15, 0.2) is 0 Å². The molecule has 2 rings (SSSR count). The third-order valence-electron chi connectivity index (χ3n) is 3.01. The van der Waals surface area contributed by atoms with Crippen LogP contribution in [0.15, 0.2) is 24.3 Å². The molecule has 0 amide bonds. The Hall–Kier alpha value is -1.06. The van der Waals surface area contributed by atoms with Gasteiger partial charge >= 0.3 is 0 Å². The van der Waals surface area contributed by atoms with Crippen LogP contribution in [0.1, 0.15) is 24.3 Å². The molecule has 0 saturated heterocycles. The van der Waals surface area contributed by atoms with Crippen molar-refractivity contribution in [2.24, 2.45) is 0 Å². The Morgan fingerprint density at radius 2 is 1.80 bits per heavy atom. The van der Waals surface area contributed by atoms with E-state index in [9.17, 15) is 0 Å². The van der Waals surface area contributed by atoms with Crippen molar-refractivity contribution in [3.05, 3.63) is 29.8 Å². The lowest BCUT2D eigenvalue weighted by Crippen LogP contribution is -2.39. The van der Waals surface area contributed by atoms with Crippen molar-refractivity contribution in [2.45, 2.75) is 24.8 Å². The Balaban J connectivity index is 1.89. The Bertz CT molecular complexity index is 304. The SMILES string of the molecule is CONC1CC(c2ccc(OC)cc2)C1. The molecule has 1 aromatic rings. The molecule has 3 heteroatoms. The molecule has 0 atom stereocenters. The number of hydrogen-bond donors (Lipinski definition) is 1. The first-order valence-corrected chi connectivity index (χ1v) is 5.26. The van der Waals surface area contributed by atoms with Crippen LogP contribution in [0.5, 0.6) is 5.75 Å². The van der Waals surface area contributed by atoms with Crippen LogP contribution in [0.3, 0.4) is 0 Å². The second kappa shape index (κ2) is 4.64. The van der Waals surface area contributed by atoms with Gasteiger partial charge < -0.3 is 9.57 Å². The van der Waals surface area contributed by atoms with E-state index < -0.39 is 0 Å². The predicted octanol–water partition coefficient (Wildman–Crippen LogP) is 2.09. The molecule has 1 fully saturated rings. The monoisotopic (exact) mass is 207 g/mol. The molecule has 1 aromatic carbocycles. The molecule has 1 aliphatic carbocycles. The van der Waals surface area contributed by atoms with Crippen molar-refractivity contribution in [1.29, 1.82) is 0 Å². The van der Waals surface area contributed by atoms with Gasteiger partial charge in [-0.25, -0.2) is 0 Å². The number of nitrogens with one attached hydrogen (secondary N) is 1. The Labute approximate surface area is 90.3 Å². The molecule has 0 aliphatic heterocycles. The zero-order chi connectivity index (χ0) is 10.7. The average molecular weight is 207 g/mol. The summed E-state index contributed by atoms with van der Waals surface area (Å²) in [6, 6.07) is 8.85. The molecular formula is C12H17NO2. The molecule has 0 radical (unpaired) electrons. The third-order valence-corrected chi connectivity index (χ3v) is 3.01. The van der Waals surface area contributed by atoms with Crippen LogP contribution in [-0.4, -0.2) is 20.3 Å². The van der Waals surface area contributed by atoms with Gasteiger partial charge in [-0.2, -0.15) is 5.48 Å². The number of ether oxygens (including phenoxy) is 1. The summed E-state index contributed by atoms with van der Waals surface area (Å²) in [6.07, 6.45) is 2.31. The van der Waals surface area contributed by atoms with Crippen LogP contribution < -0.4 is 10.2 Å². The van der Waals surface area contributed by atoms with E-state index in [1.54, 1.807) is 14.2 Å². The van der Waals surface area contributed by atoms with Crippen molar-refractivity contribution in [1.82, 2.24) is 5.48 Å². The Kier molecular flexibility index (Phi) is 3.23. The smallest absolute Gasteiger partial charge is 0.118 e. The highest BCUT2D eigenvalue weighted by molar-refractivity contribution is 5.30. The highest BCUT2D eigenvalue weighted by Gasteiger charge is 2.29. The molecule has 15 heavy (non-hydrogen) atoms. The van der Waals surface area contributed by atoms with Gasteiger partial charge in [-0.3, -0.25) is 0 Å². The standard InChI is InChI=1S/C12H17NO2/c1-14-12-5-3-9(4-6-12)10-7-11(8-10)13-15-2/h3-6,10-11,13H,7-8H2,1-2H3. The second-order valence-corrected chi connectivity index (χ2v) is 3.96. The summed E-state index contributed by atoms with van der Waals surface area (Å²) in [6.45, 7) is 0. The first kappa shape index (κ1) is 10.5. The van der Waals surface area contributed by atoms with Gasteiger partial charge in [0.1, 0.15) is 5.75 Å². The fourth-order valence-electron chi connectivity index (χ4n) is 2.03. The van der Waals surface area contributed by atoms with Crippen molar-refractivity contribution in [3.63, 3.8) is 0 Å².